The van der Waals surface area contributed by atoms with E-state index in [1.54, 1.807) is 12.1 Å². The number of carbonyl (C=O) groups is 2. The molecule has 0 bridgehead atoms. The molecule has 2 amide bonds. The van der Waals surface area contributed by atoms with Gasteiger partial charge in [-0.2, -0.15) is 0 Å². The van der Waals surface area contributed by atoms with Crippen LogP contribution in [0.1, 0.15) is 26.3 Å². The van der Waals surface area contributed by atoms with Crippen LogP contribution >= 0.6 is 11.6 Å². The van der Waals surface area contributed by atoms with Crippen LogP contribution in [0.15, 0.2) is 65.6 Å². The van der Waals surface area contributed by atoms with E-state index in [2.05, 4.69) is 5.32 Å². The predicted molar refractivity (Wildman–Crippen MR) is 104 cm³/mol. The van der Waals surface area contributed by atoms with Gasteiger partial charge in [-0.05, 0) is 30.3 Å². The number of hydrogen-bond acceptors (Lipinski definition) is 3. The van der Waals surface area contributed by atoms with Gasteiger partial charge < -0.3 is 15.6 Å². The van der Waals surface area contributed by atoms with Crippen LogP contribution in [0.25, 0.3) is 0 Å². The summed E-state index contributed by atoms with van der Waals surface area (Å²) in [5.41, 5.74) is 5.57. The summed E-state index contributed by atoms with van der Waals surface area (Å²) in [6.07, 6.45) is 1.30. The summed E-state index contributed by atoms with van der Waals surface area (Å²) in [4.78, 5) is 36.2. The molecular formula is C20H15ClFN3O3. The molecule has 0 unspecified atom stereocenters. The molecule has 0 aliphatic rings. The highest BCUT2D eigenvalue weighted by atomic mass is 35.5. The van der Waals surface area contributed by atoms with Gasteiger partial charge in [-0.15, -0.1) is 0 Å². The van der Waals surface area contributed by atoms with Crippen molar-refractivity contribution in [2.24, 2.45) is 5.73 Å². The molecule has 2 aromatic carbocycles. The lowest BCUT2D eigenvalue weighted by Gasteiger charge is -2.12. The molecule has 0 spiro atoms. The highest BCUT2D eigenvalue weighted by Gasteiger charge is 2.14. The van der Waals surface area contributed by atoms with Crippen LogP contribution < -0.4 is 16.6 Å². The maximum absolute atomic E-state index is 14.0. The van der Waals surface area contributed by atoms with Gasteiger partial charge in [0.15, 0.2) is 0 Å². The second kappa shape index (κ2) is 8.06. The Morgan fingerprint density at radius 2 is 1.82 bits per heavy atom. The molecule has 3 aromatic rings. The van der Waals surface area contributed by atoms with E-state index >= 15 is 0 Å². The zero-order valence-corrected chi connectivity index (χ0v) is 15.2. The Hall–Kier alpha value is -3.45. The Bertz CT molecular complexity index is 1110. The highest BCUT2D eigenvalue weighted by molar-refractivity contribution is 6.31. The minimum absolute atomic E-state index is 0.136. The van der Waals surface area contributed by atoms with Gasteiger partial charge in [-0.3, -0.25) is 14.4 Å². The Morgan fingerprint density at radius 3 is 2.54 bits per heavy atom. The van der Waals surface area contributed by atoms with E-state index in [9.17, 15) is 18.8 Å². The van der Waals surface area contributed by atoms with E-state index < -0.39 is 23.2 Å². The fourth-order valence-electron chi connectivity index (χ4n) is 2.64. The number of benzene rings is 2. The number of pyridine rings is 1. The van der Waals surface area contributed by atoms with Gasteiger partial charge in [-0.1, -0.05) is 29.8 Å². The molecule has 0 fully saturated rings. The molecule has 1 aromatic heterocycles. The number of nitrogens with one attached hydrogen (secondary N) is 1. The molecule has 0 saturated heterocycles. The Labute approximate surface area is 164 Å². The van der Waals surface area contributed by atoms with Gasteiger partial charge in [0.25, 0.3) is 17.4 Å². The molecule has 0 aliphatic heterocycles. The van der Waals surface area contributed by atoms with Crippen LogP contribution in [0, 0.1) is 5.82 Å². The summed E-state index contributed by atoms with van der Waals surface area (Å²) >= 11 is 6.01. The molecular weight excluding hydrogens is 385 g/mol. The summed E-state index contributed by atoms with van der Waals surface area (Å²) < 4.78 is 15.2. The molecule has 8 heteroatoms. The van der Waals surface area contributed by atoms with Crippen LogP contribution in [0.4, 0.5) is 10.1 Å². The molecule has 142 valence electrons. The first-order valence-corrected chi connectivity index (χ1v) is 8.58. The standard InChI is InChI=1S/C20H15ClFN3O3/c21-15-5-3-6-16(22)14(15)11-25-10-12(8-9-18(25)26)20(28)24-17-7-2-1-4-13(17)19(23)27/h1-10H,11H2,(H2,23,27)(H,24,28). The zero-order valence-electron chi connectivity index (χ0n) is 14.5. The number of para-hydroxylation sites is 1. The minimum atomic E-state index is -0.685. The number of aromatic nitrogens is 1. The first-order valence-electron chi connectivity index (χ1n) is 8.20. The smallest absolute Gasteiger partial charge is 0.257 e. The van der Waals surface area contributed by atoms with Crippen molar-refractivity contribution in [2.75, 3.05) is 5.32 Å². The van der Waals surface area contributed by atoms with Gasteiger partial charge >= 0.3 is 0 Å². The molecule has 3 rings (SSSR count). The molecule has 0 radical (unpaired) electrons. The lowest BCUT2D eigenvalue weighted by Crippen LogP contribution is -2.24. The van der Waals surface area contributed by atoms with Crippen molar-refractivity contribution in [1.29, 1.82) is 0 Å². The number of hydrogen-bond donors (Lipinski definition) is 2. The molecule has 6 nitrogen and oxygen atoms in total. The van der Waals surface area contributed by atoms with Crippen LogP contribution in [-0.4, -0.2) is 16.4 Å². The Balaban J connectivity index is 1.90. The monoisotopic (exact) mass is 399 g/mol. The van der Waals surface area contributed by atoms with Crippen LogP contribution in [0.2, 0.25) is 5.02 Å². The summed E-state index contributed by atoms with van der Waals surface area (Å²) in [5.74, 6) is -1.79. The second-order valence-electron chi connectivity index (χ2n) is 5.95. The summed E-state index contributed by atoms with van der Waals surface area (Å²) in [5, 5.41) is 2.76. The van der Waals surface area contributed by atoms with E-state index in [0.717, 1.165) is 0 Å². The van der Waals surface area contributed by atoms with Crippen molar-refractivity contribution < 1.29 is 14.0 Å². The van der Waals surface area contributed by atoms with Crippen molar-refractivity contribution in [3.63, 3.8) is 0 Å². The molecule has 28 heavy (non-hydrogen) atoms. The third kappa shape index (κ3) is 4.10. The van der Waals surface area contributed by atoms with E-state index in [4.69, 9.17) is 17.3 Å². The molecule has 1 heterocycles. The van der Waals surface area contributed by atoms with Gasteiger partial charge in [-0.25, -0.2) is 4.39 Å². The fourth-order valence-corrected chi connectivity index (χ4v) is 2.87. The van der Waals surface area contributed by atoms with Crippen LogP contribution in [0.5, 0.6) is 0 Å². The number of carbonyl (C=O) groups excluding carboxylic acids is 2. The van der Waals surface area contributed by atoms with E-state index in [1.807, 2.05) is 0 Å². The molecule has 3 N–H and O–H groups in total. The van der Waals surface area contributed by atoms with Crippen molar-refractivity contribution in [3.8, 4) is 0 Å². The molecule has 0 aliphatic carbocycles. The van der Waals surface area contributed by atoms with Crippen molar-refractivity contribution in [1.82, 2.24) is 4.57 Å². The van der Waals surface area contributed by atoms with Crippen LogP contribution in [-0.2, 0) is 6.54 Å². The first-order chi connectivity index (χ1) is 13.4. The van der Waals surface area contributed by atoms with Crippen molar-refractivity contribution in [3.05, 3.63) is 98.7 Å². The number of rotatable bonds is 5. The number of nitrogens with two attached hydrogens (primary N) is 1. The lowest BCUT2D eigenvalue weighted by atomic mass is 10.1. The number of anilines is 1. The topological polar surface area (TPSA) is 94.2 Å². The Kier molecular flexibility index (Phi) is 5.56. The zero-order chi connectivity index (χ0) is 20.3. The average molecular weight is 400 g/mol. The number of primary amides is 1. The maximum Gasteiger partial charge on any atom is 0.257 e. The number of halogens is 2. The van der Waals surface area contributed by atoms with Gasteiger partial charge in [0, 0.05) is 22.8 Å². The van der Waals surface area contributed by atoms with Gasteiger partial charge in [0.2, 0.25) is 0 Å². The SMILES string of the molecule is NC(=O)c1ccccc1NC(=O)c1ccc(=O)n(Cc2c(F)cccc2Cl)c1. The fraction of sp³-hybridized carbons (Fsp3) is 0.0500. The largest absolute Gasteiger partial charge is 0.366 e. The van der Waals surface area contributed by atoms with Gasteiger partial charge in [0.05, 0.1) is 23.4 Å². The van der Waals surface area contributed by atoms with Gasteiger partial charge in [0.1, 0.15) is 5.82 Å². The van der Waals surface area contributed by atoms with Crippen molar-refractivity contribution in [2.45, 2.75) is 6.54 Å². The third-order valence-corrected chi connectivity index (χ3v) is 4.43. The number of nitrogens with zero attached hydrogens (tertiary/aromatic N) is 1. The predicted octanol–water partition coefficient (Wildman–Crippen LogP) is 3.04. The summed E-state index contributed by atoms with van der Waals surface area (Å²) in [6.45, 7) is -0.136. The van der Waals surface area contributed by atoms with E-state index in [1.165, 1.54) is 53.2 Å². The first kappa shape index (κ1) is 19.3. The van der Waals surface area contributed by atoms with Crippen molar-refractivity contribution >= 4 is 29.1 Å². The lowest BCUT2D eigenvalue weighted by molar-refractivity contribution is 0.100. The Morgan fingerprint density at radius 1 is 1.07 bits per heavy atom. The third-order valence-electron chi connectivity index (χ3n) is 4.08. The highest BCUT2D eigenvalue weighted by Crippen LogP contribution is 2.20. The maximum atomic E-state index is 14.0. The van der Waals surface area contributed by atoms with E-state index in [0.29, 0.717) is 0 Å². The second-order valence-corrected chi connectivity index (χ2v) is 6.36. The minimum Gasteiger partial charge on any atom is -0.366 e. The normalized spacial score (nSPS) is 10.5. The average Bonchev–Trinajstić information content (AvgIpc) is 2.66. The van der Waals surface area contributed by atoms with Crippen LogP contribution in [0.3, 0.4) is 0 Å². The molecule has 0 saturated carbocycles. The summed E-state index contributed by atoms with van der Waals surface area (Å²) in [7, 11) is 0. The van der Waals surface area contributed by atoms with E-state index in [-0.39, 0.29) is 33.9 Å². The number of amides is 2. The summed E-state index contributed by atoms with van der Waals surface area (Å²) in [6, 6.07) is 13.0. The quantitative estimate of drug-likeness (QED) is 0.690. The molecule has 0 atom stereocenters.